The standard InChI is InChI=1S/C16H21N/c1-5-9-15-13(6-2)10-8-11-16(15)14(7-3)12(4)17/h5,7-8,10-11H,1,4,6,9,17H2,2-3H3/b14-7-. The van der Waals surface area contributed by atoms with Gasteiger partial charge in [-0.15, -0.1) is 6.58 Å². The van der Waals surface area contributed by atoms with E-state index < -0.39 is 0 Å². The Labute approximate surface area is 104 Å². The molecule has 17 heavy (non-hydrogen) atoms. The molecule has 0 radical (unpaired) electrons. The molecule has 0 heterocycles. The Kier molecular flexibility index (Phi) is 4.77. The summed E-state index contributed by atoms with van der Waals surface area (Å²) in [6.45, 7) is 11.8. The van der Waals surface area contributed by atoms with Crippen molar-refractivity contribution in [3.63, 3.8) is 0 Å². The first-order valence-electron chi connectivity index (χ1n) is 5.98. The van der Waals surface area contributed by atoms with Crippen LogP contribution in [0.15, 0.2) is 49.2 Å². The zero-order valence-corrected chi connectivity index (χ0v) is 10.8. The van der Waals surface area contributed by atoms with Crippen molar-refractivity contribution in [2.45, 2.75) is 26.7 Å². The van der Waals surface area contributed by atoms with Crippen molar-refractivity contribution in [1.29, 1.82) is 0 Å². The average molecular weight is 227 g/mol. The molecule has 2 N–H and O–H groups in total. The first-order valence-corrected chi connectivity index (χ1v) is 5.98. The molecule has 90 valence electrons. The van der Waals surface area contributed by atoms with Crippen LogP contribution in [0.1, 0.15) is 30.5 Å². The van der Waals surface area contributed by atoms with E-state index in [0.717, 1.165) is 18.4 Å². The topological polar surface area (TPSA) is 26.0 Å². The van der Waals surface area contributed by atoms with E-state index in [2.05, 4.69) is 38.3 Å². The second-order valence-electron chi connectivity index (χ2n) is 4.02. The maximum atomic E-state index is 5.85. The van der Waals surface area contributed by atoms with Crippen LogP contribution in [0, 0.1) is 0 Å². The van der Waals surface area contributed by atoms with Crippen molar-refractivity contribution in [2.24, 2.45) is 5.73 Å². The van der Waals surface area contributed by atoms with Crippen LogP contribution in [0.2, 0.25) is 0 Å². The van der Waals surface area contributed by atoms with Crippen LogP contribution >= 0.6 is 0 Å². The Balaban J connectivity index is 3.41. The average Bonchev–Trinajstić information content (AvgIpc) is 2.31. The molecular weight excluding hydrogens is 206 g/mol. The molecule has 1 aromatic carbocycles. The fraction of sp³-hybridized carbons (Fsp3) is 0.250. The summed E-state index contributed by atoms with van der Waals surface area (Å²) in [5, 5.41) is 0. The highest BCUT2D eigenvalue weighted by molar-refractivity contribution is 5.79. The van der Waals surface area contributed by atoms with E-state index in [-0.39, 0.29) is 0 Å². The Morgan fingerprint density at radius 3 is 2.59 bits per heavy atom. The maximum Gasteiger partial charge on any atom is 0.0317 e. The Morgan fingerprint density at radius 1 is 1.41 bits per heavy atom. The maximum absolute atomic E-state index is 5.85. The summed E-state index contributed by atoms with van der Waals surface area (Å²) in [5.41, 5.74) is 11.3. The van der Waals surface area contributed by atoms with E-state index in [0.29, 0.717) is 5.70 Å². The van der Waals surface area contributed by atoms with Crippen LogP contribution in [0.25, 0.3) is 5.57 Å². The quantitative estimate of drug-likeness (QED) is 0.600. The lowest BCUT2D eigenvalue weighted by molar-refractivity contribution is 1.07. The van der Waals surface area contributed by atoms with Gasteiger partial charge in [-0.1, -0.05) is 43.9 Å². The smallest absolute Gasteiger partial charge is 0.0317 e. The lowest BCUT2D eigenvalue weighted by atomic mass is 9.91. The minimum Gasteiger partial charge on any atom is -0.399 e. The predicted octanol–water partition coefficient (Wildman–Crippen LogP) is 3.85. The van der Waals surface area contributed by atoms with Gasteiger partial charge in [0.2, 0.25) is 0 Å². The first kappa shape index (κ1) is 13.3. The molecule has 1 heteroatoms. The number of aryl methyl sites for hydroxylation is 1. The summed E-state index contributed by atoms with van der Waals surface area (Å²) < 4.78 is 0. The normalized spacial score (nSPS) is 11.3. The van der Waals surface area contributed by atoms with Gasteiger partial charge < -0.3 is 5.73 Å². The molecule has 1 rings (SSSR count). The molecule has 0 aliphatic rings. The first-order chi connectivity index (χ1) is 8.15. The highest BCUT2D eigenvalue weighted by Crippen LogP contribution is 2.26. The monoisotopic (exact) mass is 227 g/mol. The van der Waals surface area contributed by atoms with Gasteiger partial charge in [-0.25, -0.2) is 0 Å². The SMILES string of the molecule is C=CCc1c(CC)cccc1/C(=C\C)C(=C)N. The molecule has 0 spiro atoms. The van der Waals surface area contributed by atoms with Crippen molar-refractivity contribution in [3.05, 3.63) is 65.9 Å². The molecule has 0 aliphatic heterocycles. The molecule has 0 aliphatic carbocycles. The Morgan fingerprint density at radius 2 is 2.12 bits per heavy atom. The Hall–Kier alpha value is -1.76. The summed E-state index contributed by atoms with van der Waals surface area (Å²) in [5.74, 6) is 0. The fourth-order valence-corrected chi connectivity index (χ4v) is 2.12. The van der Waals surface area contributed by atoms with Crippen LogP contribution in [-0.4, -0.2) is 0 Å². The Bertz CT molecular complexity index is 453. The zero-order valence-electron chi connectivity index (χ0n) is 10.8. The van der Waals surface area contributed by atoms with Gasteiger partial charge in [0, 0.05) is 11.3 Å². The number of benzene rings is 1. The van der Waals surface area contributed by atoms with Gasteiger partial charge in [-0.2, -0.15) is 0 Å². The van der Waals surface area contributed by atoms with Crippen LogP contribution in [0.5, 0.6) is 0 Å². The molecule has 0 aromatic heterocycles. The fourth-order valence-electron chi connectivity index (χ4n) is 2.12. The molecule has 1 aromatic rings. The van der Waals surface area contributed by atoms with Gasteiger partial charge in [-0.3, -0.25) is 0 Å². The van der Waals surface area contributed by atoms with Crippen LogP contribution < -0.4 is 5.73 Å². The van der Waals surface area contributed by atoms with Crippen molar-refractivity contribution in [2.75, 3.05) is 0 Å². The van der Waals surface area contributed by atoms with Crippen LogP contribution in [0.3, 0.4) is 0 Å². The van der Waals surface area contributed by atoms with E-state index in [1.54, 1.807) is 0 Å². The zero-order chi connectivity index (χ0) is 12.8. The summed E-state index contributed by atoms with van der Waals surface area (Å²) in [7, 11) is 0. The highest BCUT2D eigenvalue weighted by atomic mass is 14.6. The van der Waals surface area contributed by atoms with Gasteiger partial charge in [0.05, 0.1) is 0 Å². The van der Waals surface area contributed by atoms with Gasteiger partial charge in [-0.05, 0) is 36.5 Å². The summed E-state index contributed by atoms with van der Waals surface area (Å²) >= 11 is 0. The largest absolute Gasteiger partial charge is 0.399 e. The van der Waals surface area contributed by atoms with Gasteiger partial charge in [0.1, 0.15) is 0 Å². The van der Waals surface area contributed by atoms with Gasteiger partial charge in [0.15, 0.2) is 0 Å². The van der Waals surface area contributed by atoms with E-state index in [9.17, 15) is 0 Å². The summed E-state index contributed by atoms with van der Waals surface area (Å²) in [6.07, 6.45) is 5.84. The van der Waals surface area contributed by atoms with Gasteiger partial charge >= 0.3 is 0 Å². The van der Waals surface area contributed by atoms with E-state index in [4.69, 9.17) is 5.73 Å². The van der Waals surface area contributed by atoms with Crippen molar-refractivity contribution in [3.8, 4) is 0 Å². The molecule has 0 amide bonds. The van der Waals surface area contributed by atoms with E-state index in [1.807, 2.05) is 19.1 Å². The number of nitrogens with two attached hydrogens (primary N) is 1. The molecule has 0 fully saturated rings. The van der Waals surface area contributed by atoms with Crippen LogP contribution in [0.4, 0.5) is 0 Å². The molecule has 1 nitrogen and oxygen atoms in total. The summed E-state index contributed by atoms with van der Waals surface area (Å²) in [6, 6.07) is 6.34. The number of allylic oxidation sites excluding steroid dienone is 3. The van der Waals surface area contributed by atoms with E-state index in [1.165, 1.54) is 16.7 Å². The van der Waals surface area contributed by atoms with Crippen molar-refractivity contribution >= 4 is 5.57 Å². The lowest BCUT2D eigenvalue weighted by Crippen LogP contribution is -2.04. The van der Waals surface area contributed by atoms with E-state index >= 15 is 0 Å². The molecule has 0 saturated heterocycles. The second kappa shape index (κ2) is 6.09. The third kappa shape index (κ3) is 2.88. The number of rotatable bonds is 5. The third-order valence-electron chi connectivity index (χ3n) is 2.93. The molecular formula is C16H21N. The number of hydrogen-bond donors (Lipinski definition) is 1. The van der Waals surface area contributed by atoms with Crippen LogP contribution in [-0.2, 0) is 12.8 Å². The minimum atomic E-state index is 0.617. The molecule has 0 bridgehead atoms. The highest BCUT2D eigenvalue weighted by Gasteiger charge is 2.10. The predicted molar refractivity (Wildman–Crippen MR) is 76.7 cm³/mol. The number of hydrogen-bond acceptors (Lipinski definition) is 1. The van der Waals surface area contributed by atoms with Crippen molar-refractivity contribution in [1.82, 2.24) is 0 Å². The second-order valence-corrected chi connectivity index (χ2v) is 4.02. The third-order valence-corrected chi connectivity index (χ3v) is 2.93. The molecule has 0 unspecified atom stereocenters. The summed E-state index contributed by atoms with van der Waals surface area (Å²) in [4.78, 5) is 0. The lowest BCUT2D eigenvalue weighted by Gasteiger charge is -2.15. The van der Waals surface area contributed by atoms with Crippen molar-refractivity contribution < 1.29 is 0 Å². The van der Waals surface area contributed by atoms with Gasteiger partial charge in [0.25, 0.3) is 0 Å². The molecule has 0 saturated carbocycles. The minimum absolute atomic E-state index is 0.617. The molecule has 0 atom stereocenters.